The van der Waals surface area contributed by atoms with Gasteiger partial charge < -0.3 is 27.0 Å². The van der Waals surface area contributed by atoms with E-state index in [1.165, 1.54) is 0 Å². The van der Waals surface area contributed by atoms with Gasteiger partial charge in [0.25, 0.3) is 5.91 Å². The second-order valence-corrected chi connectivity index (χ2v) is 11.0. The van der Waals surface area contributed by atoms with Crippen LogP contribution in [-0.4, -0.2) is 60.0 Å². The van der Waals surface area contributed by atoms with Crippen molar-refractivity contribution in [3.05, 3.63) is 83.9 Å². The second-order valence-electron chi connectivity index (χ2n) is 11.0. The first kappa shape index (κ1) is 34.9. The third-order valence-corrected chi connectivity index (χ3v) is 7.51. The van der Waals surface area contributed by atoms with Gasteiger partial charge in [-0.05, 0) is 27.8 Å². The highest BCUT2D eigenvalue weighted by Crippen LogP contribution is 2.17. The molecular formula is C34H38N6O6. The van der Waals surface area contributed by atoms with E-state index in [0.29, 0.717) is 12.0 Å². The molecule has 6 N–H and O–H groups in total. The molecule has 3 aromatic carbocycles. The Labute approximate surface area is 267 Å². The van der Waals surface area contributed by atoms with E-state index in [9.17, 15) is 34.0 Å². The van der Waals surface area contributed by atoms with Gasteiger partial charge in [-0.15, -0.1) is 0 Å². The predicted molar refractivity (Wildman–Crippen MR) is 170 cm³/mol. The summed E-state index contributed by atoms with van der Waals surface area (Å²) in [5.41, 5.74) is 6.99. The van der Waals surface area contributed by atoms with E-state index in [0.717, 1.165) is 16.3 Å². The fraction of sp³-hybridized carbons (Fsp3) is 0.324. The Kier molecular flexibility index (Phi) is 12.9. The van der Waals surface area contributed by atoms with Gasteiger partial charge >= 0.3 is 0 Å². The van der Waals surface area contributed by atoms with Crippen molar-refractivity contribution >= 4 is 46.1 Å². The number of fused-ring (bicyclic) bond motifs is 1. The lowest BCUT2D eigenvalue weighted by Crippen LogP contribution is -2.56. The first-order valence-corrected chi connectivity index (χ1v) is 14.9. The van der Waals surface area contributed by atoms with Crippen LogP contribution in [0.4, 0.5) is 0 Å². The molecule has 0 radical (unpaired) electrons. The lowest BCUT2D eigenvalue weighted by atomic mass is 9.94. The van der Waals surface area contributed by atoms with Crippen molar-refractivity contribution in [1.82, 2.24) is 21.3 Å². The molecule has 0 spiro atoms. The third-order valence-electron chi connectivity index (χ3n) is 7.51. The van der Waals surface area contributed by atoms with Crippen molar-refractivity contribution in [1.29, 1.82) is 5.26 Å². The number of benzene rings is 3. The summed E-state index contributed by atoms with van der Waals surface area (Å²) in [7, 11) is 0. The van der Waals surface area contributed by atoms with Gasteiger partial charge in [0.15, 0.2) is 0 Å². The Morgan fingerprint density at radius 3 is 2.11 bits per heavy atom. The summed E-state index contributed by atoms with van der Waals surface area (Å²) in [4.78, 5) is 76.3. The van der Waals surface area contributed by atoms with Gasteiger partial charge in [-0.25, -0.2) is 0 Å². The molecular weight excluding hydrogens is 588 g/mol. The number of ketones is 1. The molecule has 0 fully saturated rings. The number of rotatable bonds is 16. The molecule has 3 aromatic rings. The summed E-state index contributed by atoms with van der Waals surface area (Å²) in [6, 6.07) is 20.3. The number of primary amides is 1. The van der Waals surface area contributed by atoms with Crippen LogP contribution in [0.2, 0.25) is 0 Å². The lowest BCUT2D eigenvalue weighted by molar-refractivity contribution is -0.141. The molecule has 0 saturated heterocycles. The SMILES string of the molecule is CCC(C)C(NC(=O)C(CC#N)NC(=O)Cc1ccccc1)C(=O)C(=O)NCC(=O)NC(Cc1ccc2ccccc2c1)C(N)=O. The fourth-order valence-electron chi connectivity index (χ4n) is 4.74. The van der Waals surface area contributed by atoms with Crippen molar-refractivity contribution in [2.24, 2.45) is 11.7 Å². The maximum Gasteiger partial charge on any atom is 0.290 e. The van der Waals surface area contributed by atoms with Gasteiger partial charge in [0.05, 0.1) is 31.5 Å². The summed E-state index contributed by atoms with van der Waals surface area (Å²) in [5.74, 6) is -5.45. The molecule has 0 aromatic heterocycles. The minimum absolute atomic E-state index is 0.0207. The molecule has 0 aliphatic heterocycles. The molecule has 0 bridgehead atoms. The first-order chi connectivity index (χ1) is 22.0. The zero-order valence-corrected chi connectivity index (χ0v) is 25.7. The predicted octanol–water partition coefficient (Wildman–Crippen LogP) is 1.21. The van der Waals surface area contributed by atoms with E-state index < -0.39 is 65.9 Å². The number of amides is 5. The molecule has 5 amide bonds. The van der Waals surface area contributed by atoms with E-state index in [-0.39, 0.29) is 19.3 Å². The van der Waals surface area contributed by atoms with Crippen molar-refractivity contribution in [2.45, 2.75) is 57.7 Å². The summed E-state index contributed by atoms with van der Waals surface area (Å²) in [6.45, 7) is 2.79. The highest BCUT2D eigenvalue weighted by atomic mass is 16.2. The van der Waals surface area contributed by atoms with Crippen molar-refractivity contribution < 1.29 is 28.8 Å². The molecule has 12 nitrogen and oxygen atoms in total. The summed E-state index contributed by atoms with van der Waals surface area (Å²) in [6.07, 6.45) is 0.142. The van der Waals surface area contributed by atoms with Gasteiger partial charge in [-0.1, -0.05) is 93.1 Å². The second kappa shape index (κ2) is 17.1. The molecule has 0 aliphatic rings. The monoisotopic (exact) mass is 626 g/mol. The molecule has 3 rings (SSSR count). The van der Waals surface area contributed by atoms with Crippen LogP contribution in [-0.2, 0) is 41.6 Å². The van der Waals surface area contributed by atoms with Gasteiger partial charge in [0.2, 0.25) is 29.4 Å². The van der Waals surface area contributed by atoms with E-state index in [2.05, 4.69) is 21.3 Å². The maximum absolute atomic E-state index is 13.1. The van der Waals surface area contributed by atoms with Crippen LogP contribution in [0.25, 0.3) is 10.8 Å². The number of Topliss-reactive ketones (excluding diaryl/α,β-unsaturated/α-hetero) is 1. The van der Waals surface area contributed by atoms with Gasteiger partial charge in [0.1, 0.15) is 12.1 Å². The van der Waals surface area contributed by atoms with Crippen LogP contribution < -0.4 is 27.0 Å². The average Bonchev–Trinajstić information content (AvgIpc) is 3.05. The van der Waals surface area contributed by atoms with Crippen LogP contribution in [0, 0.1) is 17.2 Å². The molecule has 0 saturated carbocycles. The van der Waals surface area contributed by atoms with Crippen LogP contribution in [0.3, 0.4) is 0 Å². The number of hydrogen-bond donors (Lipinski definition) is 5. The average molecular weight is 627 g/mol. The zero-order valence-electron chi connectivity index (χ0n) is 25.7. The van der Waals surface area contributed by atoms with E-state index >= 15 is 0 Å². The molecule has 0 aliphatic carbocycles. The highest BCUT2D eigenvalue weighted by Gasteiger charge is 2.33. The quantitative estimate of drug-likeness (QED) is 0.147. The van der Waals surface area contributed by atoms with E-state index in [4.69, 9.17) is 5.73 Å². The fourth-order valence-corrected chi connectivity index (χ4v) is 4.74. The Morgan fingerprint density at radius 2 is 1.46 bits per heavy atom. The maximum atomic E-state index is 13.1. The van der Waals surface area contributed by atoms with E-state index in [1.807, 2.05) is 48.5 Å². The number of nitrogens with one attached hydrogen (secondary N) is 4. The minimum Gasteiger partial charge on any atom is -0.368 e. The smallest absolute Gasteiger partial charge is 0.290 e. The zero-order chi connectivity index (χ0) is 33.6. The normalized spacial score (nSPS) is 13.2. The van der Waals surface area contributed by atoms with Crippen molar-refractivity contribution in [2.75, 3.05) is 6.54 Å². The third kappa shape index (κ3) is 10.3. The van der Waals surface area contributed by atoms with Crippen LogP contribution in [0.15, 0.2) is 72.8 Å². The molecule has 0 heterocycles. The summed E-state index contributed by atoms with van der Waals surface area (Å²) in [5, 5.41) is 20.9. The number of nitriles is 1. The highest BCUT2D eigenvalue weighted by molar-refractivity contribution is 6.38. The van der Waals surface area contributed by atoms with Gasteiger partial charge in [-0.3, -0.25) is 28.8 Å². The molecule has 4 atom stereocenters. The Balaban J connectivity index is 1.59. The lowest BCUT2D eigenvalue weighted by Gasteiger charge is -2.25. The summed E-state index contributed by atoms with van der Waals surface area (Å²) < 4.78 is 0. The van der Waals surface area contributed by atoms with Crippen molar-refractivity contribution in [3.8, 4) is 6.07 Å². The standard InChI is InChI=1S/C34H38N6O6/c1-3-21(2)30(40-33(45)26(15-16-35)38-28(41)19-22-9-5-4-6-10-22)31(43)34(46)37-20-29(42)39-27(32(36)44)18-23-13-14-24-11-7-8-12-25(24)17-23/h4-14,17,21,26-27,30H,3,15,18-20H2,1-2H3,(H2,36,44)(H,37,46)(H,38,41)(H,39,42)(H,40,45). The topological polar surface area (TPSA) is 200 Å². The number of nitrogens with two attached hydrogens (primary N) is 1. The Hall–Kier alpha value is -5.57. The van der Waals surface area contributed by atoms with Crippen LogP contribution in [0.1, 0.15) is 37.8 Å². The van der Waals surface area contributed by atoms with Crippen LogP contribution in [0.5, 0.6) is 0 Å². The largest absolute Gasteiger partial charge is 0.368 e. The molecule has 4 unspecified atom stereocenters. The number of carbonyl (C=O) groups excluding carboxylic acids is 6. The van der Waals surface area contributed by atoms with Gasteiger partial charge in [-0.2, -0.15) is 5.26 Å². The minimum atomic E-state index is -1.29. The molecule has 12 heteroatoms. The summed E-state index contributed by atoms with van der Waals surface area (Å²) >= 11 is 0. The van der Waals surface area contributed by atoms with Crippen molar-refractivity contribution in [3.63, 3.8) is 0 Å². The van der Waals surface area contributed by atoms with Gasteiger partial charge in [0, 0.05) is 6.42 Å². The first-order valence-electron chi connectivity index (χ1n) is 14.9. The molecule has 240 valence electrons. The molecule has 46 heavy (non-hydrogen) atoms. The van der Waals surface area contributed by atoms with E-state index in [1.54, 1.807) is 44.2 Å². The Morgan fingerprint density at radius 1 is 0.804 bits per heavy atom. The Bertz CT molecular complexity index is 1620. The number of hydrogen-bond acceptors (Lipinski definition) is 7. The number of carbonyl (C=O) groups is 6. The van der Waals surface area contributed by atoms with Crippen LogP contribution >= 0.6 is 0 Å². The number of nitrogens with zero attached hydrogens (tertiary/aromatic N) is 1.